The summed E-state index contributed by atoms with van der Waals surface area (Å²) in [4.78, 5) is 83.5. The Bertz CT molecular complexity index is 2460. The molecule has 15 heteroatoms. The van der Waals surface area contributed by atoms with Crippen LogP contribution in [0.4, 0.5) is 0 Å². The maximum atomic E-state index is 15.5. The van der Waals surface area contributed by atoms with Crippen molar-refractivity contribution in [3.63, 3.8) is 0 Å². The van der Waals surface area contributed by atoms with Crippen LogP contribution in [0.25, 0.3) is 0 Å². The molecule has 15 nitrogen and oxygen atoms in total. The van der Waals surface area contributed by atoms with E-state index in [1.165, 1.54) is 64.5 Å². The molecule has 11 atom stereocenters. The molecule has 1 heterocycles. The summed E-state index contributed by atoms with van der Waals surface area (Å²) in [6.07, 6.45) is 2.49. The summed E-state index contributed by atoms with van der Waals surface area (Å²) >= 11 is 0. The van der Waals surface area contributed by atoms with Gasteiger partial charge >= 0.3 is 23.9 Å². The van der Waals surface area contributed by atoms with Crippen LogP contribution in [-0.2, 0) is 42.9 Å². The van der Waals surface area contributed by atoms with E-state index in [0.717, 1.165) is 13.8 Å². The number of hydrogen-bond donors (Lipinski definition) is 4. The van der Waals surface area contributed by atoms with Crippen molar-refractivity contribution in [2.45, 2.75) is 147 Å². The molecular formula is C55H65NO14. The van der Waals surface area contributed by atoms with Crippen LogP contribution >= 0.6 is 0 Å². The second-order valence-corrected chi connectivity index (χ2v) is 19.8. The van der Waals surface area contributed by atoms with Crippen LogP contribution in [0.5, 0.6) is 0 Å². The summed E-state index contributed by atoms with van der Waals surface area (Å²) in [5, 5.41) is 40.2. The lowest BCUT2D eigenvalue weighted by molar-refractivity contribution is -0.346. The van der Waals surface area contributed by atoms with E-state index >= 15 is 4.79 Å². The van der Waals surface area contributed by atoms with Gasteiger partial charge in [0.25, 0.3) is 5.91 Å². The lowest BCUT2D eigenvalue weighted by atomic mass is 9.44. The quantitative estimate of drug-likeness (QED) is 0.0952. The zero-order valence-corrected chi connectivity index (χ0v) is 40.6. The number of carbonyl (C=O) groups is 6. The molecule has 0 radical (unpaired) electrons. The number of esters is 4. The minimum atomic E-state index is -2.39. The second-order valence-electron chi connectivity index (χ2n) is 19.8. The van der Waals surface area contributed by atoms with Crippen molar-refractivity contribution in [3.8, 4) is 0 Å². The largest absolute Gasteiger partial charge is 0.456 e. The second kappa shape index (κ2) is 21.2. The summed E-state index contributed by atoms with van der Waals surface area (Å²) < 4.78 is 30.3. The normalized spacial score (nSPS) is 31.2. The molecule has 1 aliphatic heterocycles. The number of amides is 1. The summed E-state index contributed by atoms with van der Waals surface area (Å²) in [6.45, 7) is 7.97. The summed E-state index contributed by atoms with van der Waals surface area (Å²) in [6, 6.07) is 22.9. The van der Waals surface area contributed by atoms with Crippen molar-refractivity contribution in [2.24, 2.45) is 16.7 Å². The van der Waals surface area contributed by atoms with E-state index < -0.39 is 113 Å². The number of Topliss-reactive ketones (excluding diaryl/α,β-unsaturated/α-hetero) is 1. The van der Waals surface area contributed by atoms with Crippen LogP contribution in [-0.4, -0.2) is 105 Å². The van der Waals surface area contributed by atoms with Crippen molar-refractivity contribution >= 4 is 35.6 Å². The molecule has 0 spiro atoms. The van der Waals surface area contributed by atoms with Gasteiger partial charge in [-0.1, -0.05) is 106 Å². The summed E-state index contributed by atoms with van der Waals surface area (Å²) in [5.41, 5.74) is -7.02. The van der Waals surface area contributed by atoms with Crippen LogP contribution in [0.15, 0.2) is 114 Å². The van der Waals surface area contributed by atoms with Crippen LogP contribution in [0.1, 0.15) is 125 Å². The number of rotatable bonds is 10. The van der Waals surface area contributed by atoms with Gasteiger partial charge in [0.15, 0.2) is 23.6 Å². The Kier molecular flexibility index (Phi) is 15.7. The minimum absolute atomic E-state index is 0.00289. The van der Waals surface area contributed by atoms with E-state index in [-0.39, 0.29) is 35.3 Å². The molecule has 3 aromatic carbocycles. The van der Waals surface area contributed by atoms with Gasteiger partial charge in [-0.25, -0.2) is 9.59 Å². The molecule has 4 N–H and O–H groups in total. The molecule has 374 valence electrons. The molecule has 1 amide bonds. The molecule has 0 unspecified atom stereocenters. The smallest absolute Gasteiger partial charge is 0.338 e. The number of aliphatic hydroxyl groups excluding tert-OH is 2. The fraction of sp³-hybridized carbons (Fsp3) is 0.491. The molecule has 8 rings (SSSR count). The Morgan fingerprint density at radius 1 is 0.771 bits per heavy atom. The average molecular weight is 964 g/mol. The van der Waals surface area contributed by atoms with Crippen molar-refractivity contribution in [3.05, 3.63) is 131 Å². The molecule has 0 aromatic heterocycles. The molecular weight excluding hydrogens is 899 g/mol. The fourth-order valence-corrected chi connectivity index (χ4v) is 11.3. The van der Waals surface area contributed by atoms with E-state index in [1.807, 2.05) is 0 Å². The standard InChI is InChI=1S/C47H51NO14.C8H14/c1-25-31(60-43(56)36(52)35(28-16-10-7-11-17-28)48-41(54)29-18-12-8-13-19-29)23-47(57)40(61-42(55)30-20-14-9-15-21-30)38-45(6,32(51)22-33-46(38,24-58-33)62-27(3)50)39(53)37(59-26(2)49)34(25)44(47,4)5;1-2-4-6-8-7-5-3-1/h7-21,31-33,35-38,40,51-52,57H,22-24H2,1-6H3,(H,48,54);1-2H,3-8H2/b;2-1-/t31-,32-,33+,35-,36+,37+,38-,40-,45+,46-,47+;/m0./s1. The number of benzene rings is 3. The molecule has 5 aliphatic rings. The van der Waals surface area contributed by atoms with E-state index in [1.54, 1.807) is 92.7 Å². The summed E-state index contributed by atoms with van der Waals surface area (Å²) in [7, 11) is 0. The third-order valence-corrected chi connectivity index (χ3v) is 15.1. The maximum Gasteiger partial charge on any atom is 0.338 e. The van der Waals surface area contributed by atoms with Crippen molar-refractivity contribution in [1.82, 2.24) is 5.32 Å². The van der Waals surface area contributed by atoms with Gasteiger partial charge in [0.1, 0.15) is 23.9 Å². The first kappa shape index (κ1) is 51.8. The predicted molar refractivity (Wildman–Crippen MR) is 255 cm³/mol. The topological polar surface area (TPSA) is 221 Å². The van der Waals surface area contributed by atoms with Crippen molar-refractivity contribution < 1.29 is 67.8 Å². The van der Waals surface area contributed by atoms with Gasteiger partial charge < -0.3 is 44.3 Å². The first-order valence-electron chi connectivity index (χ1n) is 24.1. The maximum absolute atomic E-state index is 15.5. The third-order valence-electron chi connectivity index (χ3n) is 15.1. The van der Waals surface area contributed by atoms with Gasteiger partial charge in [0.2, 0.25) is 0 Å². The first-order valence-corrected chi connectivity index (χ1v) is 24.1. The highest BCUT2D eigenvalue weighted by molar-refractivity contribution is 5.96. The van der Waals surface area contributed by atoms with Crippen LogP contribution in [0, 0.1) is 16.7 Å². The molecule has 2 bridgehead atoms. The lowest BCUT2D eigenvalue weighted by Gasteiger charge is -2.67. The number of hydrogen-bond acceptors (Lipinski definition) is 14. The van der Waals surface area contributed by atoms with E-state index in [2.05, 4.69) is 17.5 Å². The number of ether oxygens (including phenoxy) is 5. The third kappa shape index (κ3) is 9.86. The summed E-state index contributed by atoms with van der Waals surface area (Å²) in [5.74, 6) is -6.84. The highest BCUT2D eigenvalue weighted by atomic mass is 16.6. The number of allylic oxidation sites excluding steroid dienone is 2. The van der Waals surface area contributed by atoms with Crippen LogP contribution < -0.4 is 5.32 Å². The van der Waals surface area contributed by atoms with Gasteiger partial charge in [-0.05, 0) is 80.5 Å². The lowest BCUT2D eigenvalue weighted by Crippen LogP contribution is -2.82. The van der Waals surface area contributed by atoms with Gasteiger partial charge in [-0.3, -0.25) is 19.2 Å². The molecule has 3 fully saturated rings. The molecule has 1 saturated heterocycles. The number of aliphatic hydroxyl groups is 3. The Labute approximate surface area is 408 Å². The Morgan fingerprint density at radius 3 is 1.89 bits per heavy atom. The predicted octanol–water partition coefficient (Wildman–Crippen LogP) is 6.63. The van der Waals surface area contributed by atoms with Crippen LogP contribution in [0.2, 0.25) is 0 Å². The fourth-order valence-electron chi connectivity index (χ4n) is 11.3. The van der Waals surface area contributed by atoms with Gasteiger partial charge in [-0.15, -0.1) is 0 Å². The highest BCUT2D eigenvalue weighted by Crippen LogP contribution is 2.64. The van der Waals surface area contributed by atoms with Gasteiger partial charge in [0.05, 0.1) is 35.6 Å². The molecule has 3 aromatic rings. The van der Waals surface area contributed by atoms with Gasteiger partial charge in [-0.2, -0.15) is 0 Å². The number of fused-ring (bicyclic) bond motifs is 5. The Morgan fingerprint density at radius 2 is 1.34 bits per heavy atom. The van der Waals surface area contributed by atoms with Gasteiger partial charge in [0, 0.05) is 37.7 Å². The van der Waals surface area contributed by atoms with E-state index in [4.69, 9.17) is 23.7 Å². The zero-order chi connectivity index (χ0) is 50.6. The number of ketones is 1. The number of nitrogens with one attached hydrogen (secondary N) is 1. The SMILES string of the molecule is C1=C\CCCCCC/1.CC(=O)O[C@H]1C(=O)[C@@]2(C)[C@H]([C@H](OC(=O)c3ccccc3)[C@]3(O)C[C@H](OC(=O)[C@H](O)[C@@H](NC(=O)c4ccccc4)c4ccccc4)C(C)=C1C3(C)C)[C@]1(OC(C)=O)CO[C@@H]1C[C@@H]2O. The van der Waals surface area contributed by atoms with Crippen LogP contribution in [0.3, 0.4) is 0 Å². The van der Waals surface area contributed by atoms with E-state index in [0.29, 0.717) is 5.56 Å². The van der Waals surface area contributed by atoms with E-state index in [9.17, 15) is 39.3 Å². The molecule has 4 aliphatic carbocycles. The molecule has 70 heavy (non-hydrogen) atoms. The van der Waals surface area contributed by atoms with Crippen molar-refractivity contribution in [2.75, 3.05) is 6.61 Å². The van der Waals surface area contributed by atoms with Crippen molar-refractivity contribution in [1.29, 1.82) is 0 Å². The minimum Gasteiger partial charge on any atom is -0.456 e. The molecule has 2 saturated carbocycles. The number of carbonyl (C=O) groups excluding carboxylic acids is 6. The zero-order valence-electron chi connectivity index (χ0n) is 40.6. The Balaban J connectivity index is 0.000000820. The average Bonchev–Trinajstić information content (AvgIpc) is 3.32. The monoisotopic (exact) mass is 963 g/mol. The first-order chi connectivity index (χ1) is 33.3. The highest BCUT2D eigenvalue weighted by Gasteiger charge is 2.78. The Hall–Kier alpha value is -6.00.